The van der Waals surface area contributed by atoms with E-state index in [1.54, 1.807) is 0 Å². The van der Waals surface area contributed by atoms with Gasteiger partial charge in [0.15, 0.2) is 10.4 Å². The van der Waals surface area contributed by atoms with Crippen molar-refractivity contribution in [1.82, 2.24) is 13.7 Å². The van der Waals surface area contributed by atoms with Crippen molar-refractivity contribution in [3.8, 4) is 5.69 Å². The van der Waals surface area contributed by atoms with Gasteiger partial charge in [0, 0.05) is 26.1 Å². The fourth-order valence-electron chi connectivity index (χ4n) is 3.10. The lowest BCUT2D eigenvalue weighted by atomic mass is 9.97. The number of oxime groups is 1. The molecule has 1 aromatic carbocycles. The first-order valence-corrected chi connectivity index (χ1v) is 10.7. The second-order valence-electron chi connectivity index (χ2n) is 7.07. The molecule has 0 bridgehead atoms. The Hall–Kier alpha value is -2.35. The Morgan fingerprint density at radius 2 is 1.87 bits per heavy atom. The number of nitrogens with zero attached hydrogens (tertiary/aromatic N) is 4. The molecule has 0 fully saturated rings. The van der Waals surface area contributed by atoms with Crippen LogP contribution in [-0.2, 0) is 29.1 Å². The van der Waals surface area contributed by atoms with Crippen molar-refractivity contribution < 1.29 is 22.2 Å². The molecule has 30 heavy (non-hydrogen) atoms. The van der Waals surface area contributed by atoms with Crippen LogP contribution in [0, 0.1) is 10.6 Å². The van der Waals surface area contributed by atoms with Gasteiger partial charge in [-0.15, -0.1) is 0 Å². The number of rotatable bonds is 4. The van der Waals surface area contributed by atoms with Crippen molar-refractivity contribution in [3.05, 3.63) is 54.3 Å². The van der Waals surface area contributed by atoms with E-state index in [1.165, 1.54) is 21.0 Å². The highest BCUT2D eigenvalue weighted by molar-refractivity contribution is 7.85. The van der Waals surface area contributed by atoms with E-state index in [0.29, 0.717) is 4.57 Å². The topological polar surface area (TPSA) is 125 Å². The molecule has 1 N–H and O–H groups in total. The summed E-state index contributed by atoms with van der Waals surface area (Å²) >= 11 is 11.1. The summed E-state index contributed by atoms with van der Waals surface area (Å²) in [5.41, 5.74) is -3.21. The average Bonchev–Trinajstić information content (AvgIpc) is 2.99. The molecule has 3 rings (SSSR count). The van der Waals surface area contributed by atoms with Crippen molar-refractivity contribution in [2.24, 2.45) is 19.3 Å². The molecular weight excluding hydrogens is 463 g/mol. The molecule has 1 aliphatic rings. The van der Waals surface area contributed by atoms with Crippen LogP contribution in [0.5, 0.6) is 0 Å². The summed E-state index contributed by atoms with van der Waals surface area (Å²) in [7, 11) is -1.68. The van der Waals surface area contributed by atoms with Crippen LogP contribution in [0.15, 0.2) is 26.9 Å². The van der Waals surface area contributed by atoms with Gasteiger partial charge < -0.3 is 4.84 Å². The van der Waals surface area contributed by atoms with Crippen LogP contribution in [0.25, 0.3) is 5.69 Å². The maximum atomic E-state index is 14.7. The Morgan fingerprint density at radius 1 is 1.30 bits per heavy atom. The van der Waals surface area contributed by atoms with Gasteiger partial charge >= 0.3 is 11.4 Å². The van der Waals surface area contributed by atoms with E-state index in [2.05, 4.69) is 5.16 Å². The first-order chi connectivity index (χ1) is 13.7. The lowest BCUT2D eigenvalue weighted by molar-refractivity contribution is 0.0140. The van der Waals surface area contributed by atoms with E-state index in [4.69, 9.17) is 33.2 Å². The molecule has 1 aromatic heterocycles. The van der Waals surface area contributed by atoms with Gasteiger partial charge in [-0.3, -0.25) is 13.7 Å². The summed E-state index contributed by atoms with van der Waals surface area (Å²) in [5, 5.41) is 3.71. The number of aromatic nitrogens is 3. The zero-order valence-corrected chi connectivity index (χ0v) is 18.3. The van der Waals surface area contributed by atoms with E-state index in [-0.39, 0.29) is 27.5 Å². The zero-order chi connectivity index (χ0) is 22.6. The van der Waals surface area contributed by atoms with Gasteiger partial charge in [-0.2, -0.15) is 8.42 Å². The summed E-state index contributed by atoms with van der Waals surface area (Å²) < 4.78 is 48.8. The first kappa shape index (κ1) is 22.3. The van der Waals surface area contributed by atoms with Gasteiger partial charge in [-0.25, -0.2) is 18.5 Å². The van der Waals surface area contributed by atoms with E-state index in [9.17, 15) is 22.4 Å². The molecule has 0 aliphatic carbocycles. The van der Waals surface area contributed by atoms with Crippen molar-refractivity contribution in [2.45, 2.75) is 18.9 Å². The normalized spacial score (nSPS) is 18.9. The Bertz CT molecular complexity index is 1340. The van der Waals surface area contributed by atoms with Crippen LogP contribution in [0.1, 0.15) is 18.9 Å². The second-order valence-corrected chi connectivity index (χ2v) is 9.29. The molecule has 2 heterocycles. The molecule has 162 valence electrons. The maximum Gasteiger partial charge on any atom is 0.338 e. The molecule has 0 saturated heterocycles. The molecular formula is C16H16ClFN4O6S2. The molecule has 0 radical (unpaired) electrons. The van der Waals surface area contributed by atoms with E-state index < -0.39 is 44.4 Å². The Morgan fingerprint density at radius 3 is 2.40 bits per heavy atom. The molecule has 14 heteroatoms. The van der Waals surface area contributed by atoms with Gasteiger partial charge in [-0.1, -0.05) is 16.8 Å². The molecule has 10 nitrogen and oxygen atoms in total. The number of benzene rings is 1. The average molecular weight is 479 g/mol. The van der Waals surface area contributed by atoms with Crippen LogP contribution in [-0.4, -0.2) is 43.7 Å². The minimum absolute atomic E-state index is 0.0506. The van der Waals surface area contributed by atoms with Crippen LogP contribution >= 0.6 is 23.8 Å². The van der Waals surface area contributed by atoms with Crippen LogP contribution in [0.2, 0.25) is 5.02 Å². The number of hydrogen-bond donors (Lipinski definition) is 1. The van der Waals surface area contributed by atoms with Crippen molar-refractivity contribution in [1.29, 1.82) is 0 Å². The van der Waals surface area contributed by atoms with Gasteiger partial charge in [0.1, 0.15) is 11.6 Å². The Balaban J connectivity index is 2.16. The third-order valence-corrected chi connectivity index (χ3v) is 6.36. The summed E-state index contributed by atoms with van der Waals surface area (Å²) in [6.45, 7) is 1.41. The second kappa shape index (κ2) is 7.41. The highest BCUT2D eigenvalue weighted by Crippen LogP contribution is 2.32. The third kappa shape index (κ3) is 3.97. The van der Waals surface area contributed by atoms with Crippen molar-refractivity contribution in [2.75, 3.05) is 5.75 Å². The number of halogens is 2. The summed E-state index contributed by atoms with van der Waals surface area (Å²) in [6, 6.07) is 2.05. The minimum Gasteiger partial charge on any atom is -0.388 e. The van der Waals surface area contributed by atoms with Gasteiger partial charge in [0.25, 0.3) is 10.1 Å². The Labute approximate surface area is 179 Å². The standard InChI is InChI=1S/C16H16ClFN4O6S2/c1-16(7-30(25,26)27)6-11(19-28-16)8-4-12(10(18)5-9(8)17)22-13(23)20(2)15(29)21(3)14(22)24/h4-5H,6-7H2,1-3H3,(H,25,26,27). The van der Waals surface area contributed by atoms with E-state index >= 15 is 0 Å². The van der Waals surface area contributed by atoms with Crippen LogP contribution in [0.4, 0.5) is 4.39 Å². The maximum absolute atomic E-state index is 14.7. The highest BCUT2D eigenvalue weighted by Gasteiger charge is 2.39. The molecule has 2 aromatic rings. The van der Waals surface area contributed by atoms with Gasteiger partial charge in [0.2, 0.25) is 0 Å². The molecule has 0 saturated carbocycles. The molecule has 1 atom stereocenters. The largest absolute Gasteiger partial charge is 0.388 e. The molecule has 0 spiro atoms. The van der Waals surface area contributed by atoms with Gasteiger partial charge in [0.05, 0.1) is 16.4 Å². The first-order valence-electron chi connectivity index (χ1n) is 8.33. The lowest BCUT2D eigenvalue weighted by Crippen LogP contribution is -2.43. The predicted molar refractivity (Wildman–Crippen MR) is 109 cm³/mol. The Kier molecular flexibility index (Phi) is 5.52. The fraction of sp³-hybridized carbons (Fsp3) is 0.375. The summed E-state index contributed by atoms with van der Waals surface area (Å²) in [6.07, 6.45) is -0.0800. The van der Waals surface area contributed by atoms with E-state index in [1.807, 2.05) is 0 Å². The molecule has 1 unspecified atom stereocenters. The van der Waals surface area contributed by atoms with Gasteiger partial charge in [-0.05, 0) is 31.3 Å². The van der Waals surface area contributed by atoms with Crippen LogP contribution in [0.3, 0.4) is 0 Å². The minimum atomic E-state index is -4.36. The lowest BCUT2D eigenvalue weighted by Gasteiger charge is -2.19. The fourth-order valence-corrected chi connectivity index (χ4v) is 4.44. The van der Waals surface area contributed by atoms with Crippen molar-refractivity contribution in [3.63, 3.8) is 0 Å². The third-order valence-electron chi connectivity index (χ3n) is 4.52. The summed E-state index contributed by atoms with van der Waals surface area (Å²) in [5.74, 6) is -1.67. The molecule has 0 amide bonds. The summed E-state index contributed by atoms with van der Waals surface area (Å²) in [4.78, 5) is 30.3. The predicted octanol–water partition coefficient (Wildman–Crippen LogP) is 1.17. The zero-order valence-electron chi connectivity index (χ0n) is 15.9. The quantitative estimate of drug-likeness (QED) is 0.516. The highest BCUT2D eigenvalue weighted by atomic mass is 35.5. The monoisotopic (exact) mass is 478 g/mol. The molecule has 1 aliphatic heterocycles. The SMILES string of the molecule is Cn1c(=S)n(C)c(=O)n(-c2cc(C3=NOC(C)(CS(=O)(=O)O)C3)c(Cl)cc2F)c1=O. The smallest absolute Gasteiger partial charge is 0.338 e. The van der Waals surface area contributed by atoms with E-state index in [0.717, 1.165) is 21.3 Å². The van der Waals surface area contributed by atoms with Crippen LogP contribution < -0.4 is 11.4 Å². The number of hydrogen-bond acceptors (Lipinski definition) is 7. The van der Waals surface area contributed by atoms with Crippen molar-refractivity contribution >= 4 is 39.6 Å².